The van der Waals surface area contributed by atoms with Crippen molar-refractivity contribution in [2.75, 3.05) is 0 Å². The standard InChI is InChI=1S/C21H26/c1-3-15-8-9-18-12-19-10-16-6-4-5-7-17(16)11-20(19)13-21(18)14(15)2/h8-9,12-13,16-17H,3-7,10-11H2,1-2H3/t16-,17?/m1/s1. The summed E-state index contributed by atoms with van der Waals surface area (Å²) in [6.45, 7) is 4.57. The minimum absolute atomic E-state index is 0.971. The van der Waals surface area contributed by atoms with Crippen molar-refractivity contribution in [2.24, 2.45) is 11.8 Å². The Labute approximate surface area is 128 Å². The SMILES string of the molecule is CCc1ccc2cc3c(cc2c1C)CC1CCCC[C@@H]1C3. The second-order valence-corrected chi connectivity index (χ2v) is 7.26. The maximum atomic E-state index is 2.53. The molecule has 0 amide bonds. The van der Waals surface area contributed by atoms with Crippen molar-refractivity contribution in [2.45, 2.75) is 58.8 Å². The zero-order valence-electron chi connectivity index (χ0n) is 13.4. The molecule has 0 aromatic heterocycles. The van der Waals surface area contributed by atoms with E-state index in [1.54, 1.807) is 11.1 Å². The van der Waals surface area contributed by atoms with Gasteiger partial charge in [0, 0.05) is 0 Å². The molecule has 2 aliphatic carbocycles. The molecule has 1 fully saturated rings. The first kappa shape index (κ1) is 13.4. The second kappa shape index (κ2) is 5.16. The van der Waals surface area contributed by atoms with Gasteiger partial charge in [0.15, 0.2) is 0 Å². The molecular weight excluding hydrogens is 252 g/mol. The molecule has 0 radical (unpaired) electrons. The van der Waals surface area contributed by atoms with Gasteiger partial charge in [-0.15, -0.1) is 0 Å². The Morgan fingerprint density at radius 1 is 0.952 bits per heavy atom. The van der Waals surface area contributed by atoms with Crippen LogP contribution in [0.4, 0.5) is 0 Å². The smallest absolute Gasteiger partial charge is 0.0149 e. The molecule has 2 aromatic rings. The van der Waals surface area contributed by atoms with Crippen molar-refractivity contribution in [3.63, 3.8) is 0 Å². The third kappa shape index (κ3) is 2.20. The van der Waals surface area contributed by atoms with Crippen molar-refractivity contribution in [3.8, 4) is 0 Å². The van der Waals surface area contributed by atoms with Crippen LogP contribution in [-0.2, 0) is 19.3 Å². The Morgan fingerprint density at radius 2 is 1.62 bits per heavy atom. The molecule has 0 nitrogen and oxygen atoms in total. The highest BCUT2D eigenvalue weighted by Gasteiger charge is 2.30. The zero-order valence-corrected chi connectivity index (χ0v) is 13.4. The molecule has 110 valence electrons. The molecule has 4 rings (SSSR count). The van der Waals surface area contributed by atoms with Gasteiger partial charge in [-0.05, 0) is 83.9 Å². The van der Waals surface area contributed by atoms with Gasteiger partial charge < -0.3 is 0 Å². The van der Waals surface area contributed by atoms with E-state index in [0.29, 0.717) is 0 Å². The molecule has 0 N–H and O–H groups in total. The van der Waals surface area contributed by atoms with E-state index in [9.17, 15) is 0 Å². The Bertz CT molecular complexity index is 680. The second-order valence-electron chi connectivity index (χ2n) is 7.26. The number of rotatable bonds is 1. The monoisotopic (exact) mass is 278 g/mol. The topological polar surface area (TPSA) is 0 Å². The Morgan fingerprint density at radius 3 is 2.29 bits per heavy atom. The van der Waals surface area contributed by atoms with Gasteiger partial charge in [0.1, 0.15) is 0 Å². The fourth-order valence-corrected chi connectivity index (χ4v) is 4.81. The van der Waals surface area contributed by atoms with Gasteiger partial charge in [-0.2, -0.15) is 0 Å². The summed E-state index contributed by atoms with van der Waals surface area (Å²) in [4.78, 5) is 0. The van der Waals surface area contributed by atoms with Crippen LogP contribution in [0.5, 0.6) is 0 Å². The van der Waals surface area contributed by atoms with Crippen molar-refractivity contribution in [3.05, 3.63) is 46.5 Å². The lowest BCUT2D eigenvalue weighted by atomic mass is 9.68. The summed E-state index contributed by atoms with van der Waals surface area (Å²) in [6.07, 6.45) is 9.68. The van der Waals surface area contributed by atoms with Crippen LogP contribution in [-0.4, -0.2) is 0 Å². The van der Waals surface area contributed by atoms with Crippen LogP contribution >= 0.6 is 0 Å². The average molecular weight is 278 g/mol. The minimum Gasteiger partial charge on any atom is -0.0613 e. The molecule has 1 saturated carbocycles. The van der Waals surface area contributed by atoms with Crippen molar-refractivity contribution in [1.29, 1.82) is 0 Å². The first-order valence-corrected chi connectivity index (χ1v) is 8.80. The molecule has 1 unspecified atom stereocenters. The Balaban J connectivity index is 1.82. The summed E-state index contributed by atoms with van der Waals surface area (Å²) in [5.74, 6) is 1.94. The van der Waals surface area contributed by atoms with Gasteiger partial charge >= 0.3 is 0 Å². The van der Waals surface area contributed by atoms with Crippen LogP contribution in [0.25, 0.3) is 10.8 Å². The first-order valence-electron chi connectivity index (χ1n) is 8.80. The highest BCUT2D eigenvalue weighted by molar-refractivity contribution is 5.88. The number of benzene rings is 2. The summed E-state index contributed by atoms with van der Waals surface area (Å²) in [5, 5.41) is 2.96. The Hall–Kier alpha value is -1.30. The molecule has 0 spiro atoms. The zero-order chi connectivity index (χ0) is 14.4. The molecule has 0 heteroatoms. The maximum absolute atomic E-state index is 2.53. The fourth-order valence-electron chi connectivity index (χ4n) is 4.81. The van der Waals surface area contributed by atoms with Crippen LogP contribution in [0.1, 0.15) is 54.9 Å². The molecule has 21 heavy (non-hydrogen) atoms. The summed E-state index contributed by atoms with van der Waals surface area (Å²) < 4.78 is 0. The van der Waals surface area contributed by atoms with E-state index in [2.05, 4.69) is 38.1 Å². The lowest BCUT2D eigenvalue weighted by molar-refractivity contribution is 0.221. The van der Waals surface area contributed by atoms with E-state index in [1.165, 1.54) is 60.4 Å². The highest BCUT2D eigenvalue weighted by atomic mass is 14.4. The fraction of sp³-hybridized carbons (Fsp3) is 0.524. The highest BCUT2D eigenvalue weighted by Crippen LogP contribution is 2.41. The van der Waals surface area contributed by atoms with Gasteiger partial charge in [-0.1, -0.05) is 44.0 Å². The van der Waals surface area contributed by atoms with E-state index in [0.717, 1.165) is 18.3 Å². The van der Waals surface area contributed by atoms with Crippen LogP contribution in [0, 0.1) is 18.8 Å². The average Bonchev–Trinajstić information content (AvgIpc) is 2.52. The van der Waals surface area contributed by atoms with E-state index >= 15 is 0 Å². The van der Waals surface area contributed by atoms with Crippen LogP contribution in [0.15, 0.2) is 24.3 Å². The van der Waals surface area contributed by atoms with Crippen molar-refractivity contribution >= 4 is 10.8 Å². The maximum Gasteiger partial charge on any atom is -0.0149 e. The van der Waals surface area contributed by atoms with Crippen molar-refractivity contribution in [1.82, 2.24) is 0 Å². The summed E-state index contributed by atoms with van der Waals surface area (Å²) in [6, 6.07) is 9.70. The molecule has 2 aromatic carbocycles. The third-order valence-corrected chi connectivity index (χ3v) is 6.13. The summed E-state index contributed by atoms with van der Waals surface area (Å²) in [7, 11) is 0. The van der Waals surface area contributed by atoms with Gasteiger partial charge in [0.25, 0.3) is 0 Å². The summed E-state index contributed by atoms with van der Waals surface area (Å²) >= 11 is 0. The lowest BCUT2D eigenvalue weighted by Crippen LogP contribution is -2.28. The molecule has 2 aliphatic rings. The molecule has 0 bridgehead atoms. The molecule has 0 aliphatic heterocycles. The van der Waals surface area contributed by atoms with E-state index in [4.69, 9.17) is 0 Å². The normalized spacial score (nSPS) is 24.7. The van der Waals surface area contributed by atoms with Gasteiger partial charge in [0.05, 0.1) is 0 Å². The van der Waals surface area contributed by atoms with Crippen LogP contribution in [0.2, 0.25) is 0 Å². The van der Waals surface area contributed by atoms with E-state index in [1.807, 2.05) is 0 Å². The Kier molecular flexibility index (Phi) is 3.28. The predicted octanol–water partition coefficient (Wildman–Crippen LogP) is 5.62. The summed E-state index contributed by atoms with van der Waals surface area (Å²) in [5.41, 5.74) is 6.31. The molecule has 0 saturated heterocycles. The van der Waals surface area contributed by atoms with E-state index in [-0.39, 0.29) is 0 Å². The van der Waals surface area contributed by atoms with Crippen molar-refractivity contribution < 1.29 is 0 Å². The van der Waals surface area contributed by atoms with E-state index < -0.39 is 0 Å². The van der Waals surface area contributed by atoms with Crippen LogP contribution < -0.4 is 0 Å². The lowest BCUT2D eigenvalue weighted by Gasteiger charge is -2.37. The minimum atomic E-state index is 0.971. The quantitative estimate of drug-likeness (QED) is 0.635. The predicted molar refractivity (Wildman–Crippen MR) is 90.9 cm³/mol. The number of hydrogen-bond acceptors (Lipinski definition) is 0. The largest absolute Gasteiger partial charge is 0.0613 e. The van der Waals surface area contributed by atoms with Gasteiger partial charge in [-0.25, -0.2) is 0 Å². The first-order chi connectivity index (χ1) is 10.3. The molecular formula is C21H26. The number of hydrogen-bond donors (Lipinski definition) is 0. The van der Waals surface area contributed by atoms with Crippen LogP contribution in [0.3, 0.4) is 0 Å². The number of aryl methyl sites for hydroxylation is 2. The third-order valence-electron chi connectivity index (χ3n) is 6.13. The molecule has 2 atom stereocenters. The van der Waals surface area contributed by atoms with Gasteiger partial charge in [-0.3, -0.25) is 0 Å². The number of fused-ring (bicyclic) bond motifs is 3. The van der Waals surface area contributed by atoms with Gasteiger partial charge in [0.2, 0.25) is 0 Å². The molecule has 0 heterocycles.